The summed E-state index contributed by atoms with van der Waals surface area (Å²) in [6.07, 6.45) is 14.9. The van der Waals surface area contributed by atoms with Crippen molar-refractivity contribution >= 4 is 88.0 Å². The van der Waals surface area contributed by atoms with Crippen LogP contribution in [0.2, 0.25) is 29.6 Å². The van der Waals surface area contributed by atoms with Gasteiger partial charge >= 0.3 is 270 Å². The molecular weight excluding hydrogens is 826 g/mol. The molecule has 0 saturated carbocycles. The molecule has 3 aromatic heterocycles. The van der Waals surface area contributed by atoms with Crippen molar-refractivity contribution in [1.29, 1.82) is 0 Å². The van der Waals surface area contributed by atoms with Gasteiger partial charge in [-0.2, -0.15) is 0 Å². The summed E-state index contributed by atoms with van der Waals surface area (Å²) in [7, 11) is 0. The molecule has 1 aromatic carbocycles. The van der Waals surface area contributed by atoms with Gasteiger partial charge in [-0.25, -0.2) is 0 Å². The molecule has 4 nitrogen and oxygen atoms in total. The summed E-state index contributed by atoms with van der Waals surface area (Å²) >= 11 is 0.667. The predicted octanol–water partition coefficient (Wildman–Crippen LogP) is 11.7. The van der Waals surface area contributed by atoms with E-state index in [9.17, 15) is 0 Å². The van der Waals surface area contributed by atoms with Gasteiger partial charge in [0, 0.05) is 0 Å². The fraction of sp³-hybridized carbons (Fsp3) is 0.611. The van der Waals surface area contributed by atoms with Crippen molar-refractivity contribution in [2.45, 2.75) is 121 Å². The van der Waals surface area contributed by atoms with Crippen molar-refractivity contribution in [1.82, 2.24) is 8.75 Å². The summed E-state index contributed by atoms with van der Waals surface area (Å²) in [5.74, 6) is 1.77. The molecule has 0 saturated heterocycles. The summed E-state index contributed by atoms with van der Waals surface area (Å²) in [6, 6.07) is 9.35. The van der Waals surface area contributed by atoms with Gasteiger partial charge in [0.25, 0.3) is 0 Å². The number of rotatable bonds is 20. The normalized spacial score (nSPS) is 12.4. The van der Waals surface area contributed by atoms with Crippen LogP contribution < -0.4 is 15.3 Å². The standard InChI is InChI=1S/C30H38N2O2S3.6CH3.2Sn/c1-3-5-7-9-11-13-19-33-29-25(23-17-15-21-35-23)27-28(32-37-31-27)26(24-18-16-22-36-24)30(29)34-20-14-12-10-8-6-4-2;;;;;;;;/h15-18H,3-14,19-20H2,1-2H3;6*1H3;;. The molecule has 0 aliphatic heterocycles. The van der Waals surface area contributed by atoms with Crippen LogP contribution in [-0.2, 0) is 0 Å². The Morgan fingerprint density at radius 2 is 0.911 bits per heavy atom. The molecule has 0 radical (unpaired) electrons. The minimum atomic E-state index is -2.27. The number of fused-ring (bicyclic) bond motifs is 1. The van der Waals surface area contributed by atoms with Crippen LogP contribution in [0.4, 0.5) is 0 Å². The molecule has 0 N–H and O–H groups in total. The first-order valence-electron chi connectivity index (χ1n) is 17.4. The minimum absolute atomic E-state index is 0.694. The summed E-state index contributed by atoms with van der Waals surface area (Å²) < 4.78 is 26.9. The van der Waals surface area contributed by atoms with Gasteiger partial charge in [-0.3, -0.25) is 0 Å². The van der Waals surface area contributed by atoms with Crippen molar-refractivity contribution in [2.24, 2.45) is 0 Å². The monoisotopic (exact) mass is 884 g/mol. The molecule has 45 heavy (non-hydrogen) atoms. The van der Waals surface area contributed by atoms with Gasteiger partial charge in [0.05, 0.1) is 0 Å². The molecule has 9 heteroatoms. The van der Waals surface area contributed by atoms with E-state index in [-0.39, 0.29) is 0 Å². The fourth-order valence-electron chi connectivity index (χ4n) is 5.56. The maximum absolute atomic E-state index is 6.90. The van der Waals surface area contributed by atoms with Crippen LogP contribution in [0.5, 0.6) is 11.5 Å². The van der Waals surface area contributed by atoms with E-state index in [1.54, 1.807) is 5.79 Å². The number of nitrogens with zero attached hydrogens (tertiary/aromatic N) is 2. The van der Waals surface area contributed by atoms with Crippen molar-refractivity contribution in [3.8, 4) is 32.4 Å². The second kappa shape index (κ2) is 17.9. The Hall–Kier alpha value is -0.363. The third kappa shape index (κ3) is 10.3. The van der Waals surface area contributed by atoms with Crippen molar-refractivity contribution in [2.75, 3.05) is 13.2 Å². The van der Waals surface area contributed by atoms with Gasteiger partial charge in [0.15, 0.2) is 0 Å². The van der Waals surface area contributed by atoms with Gasteiger partial charge in [-0.15, -0.1) is 0 Å². The first kappa shape index (κ1) is 37.5. The zero-order valence-electron chi connectivity index (χ0n) is 29.1. The molecule has 4 aromatic rings. The quantitative estimate of drug-likeness (QED) is 0.0655. The molecular formula is C36H56N2O2S3Sn2. The number of thiophene rings is 2. The molecule has 3 heterocycles. The number of benzene rings is 1. The van der Waals surface area contributed by atoms with Gasteiger partial charge < -0.3 is 0 Å². The molecule has 4 rings (SSSR count). The van der Waals surface area contributed by atoms with E-state index in [0.717, 1.165) is 46.5 Å². The van der Waals surface area contributed by atoms with E-state index < -0.39 is 36.8 Å². The number of hydrogen-bond donors (Lipinski definition) is 0. The Labute approximate surface area is 293 Å². The summed E-state index contributed by atoms with van der Waals surface area (Å²) in [6.45, 7) is 5.94. The topological polar surface area (TPSA) is 44.2 Å². The summed E-state index contributed by atoms with van der Waals surface area (Å²) in [4.78, 5) is 17.4. The second-order valence-electron chi connectivity index (χ2n) is 14.4. The molecule has 248 valence electrons. The van der Waals surface area contributed by atoms with E-state index in [1.807, 2.05) is 22.7 Å². The average molecular weight is 882 g/mol. The Bertz CT molecular complexity index is 1370. The Morgan fingerprint density at radius 1 is 0.533 bits per heavy atom. The van der Waals surface area contributed by atoms with Crippen LogP contribution in [-0.4, -0.2) is 58.7 Å². The third-order valence-corrected chi connectivity index (χ3v) is 30.0. The van der Waals surface area contributed by atoms with Crippen LogP contribution in [0.3, 0.4) is 0 Å². The zero-order valence-corrected chi connectivity index (χ0v) is 37.3. The van der Waals surface area contributed by atoms with Crippen LogP contribution >= 0.6 is 34.4 Å². The van der Waals surface area contributed by atoms with Crippen molar-refractivity contribution < 1.29 is 9.47 Å². The van der Waals surface area contributed by atoms with Gasteiger partial charge in [0.2, 0.25) is 0 Å². The van der Waals surface area contributed by atoms with E-state index in [1.165, 1.54) is 85.7 Å². The molecule has 0 atom stereocenters. The summed E-state index contributed by atoms with van der Waals surface area (Å²) in [5, 5.41) is 0. The molecule has 0 amide bonds. The Balaban J connectivity index is 1.81. The van der Waals surface area contributed by atoms with Crippen molar-refractivity contribution in [3.05, 3.63) is 24.3 Å². The van der Waals surface area contributed by atoms with Crippen LogP contribution in [0.1, 0.15) is 90.9 Å². The van der Waals surface area contributed by atoms with Gasteiger partial charge in [-0.05, 0) is 0 Å². The Kier molecular flexibility index (Phi) is 14.9. The molecule has 0 bridgehead atoms. The van der Waals surface area contributed by atoms with Crippen LogP contribution in [0.15, 0.2) is 24.3 Å². The van der Waals surface area contributed by atoms with E-state index in [4.69, 9.17) is 18.2 Å². The molecule has 0 spiro atoms. The van der Waals surface area contributed by atoms with Gasteiger partial charge in [-0.1, -0.05) is 26.7 Å². The SMILES string of the molecule is CCCCCCCCOc1c(OCCCCCCCC)c(-c2cc[c]([Sn]([CH3])([CH3])[CH3])s2)c2nsnc2c1-c1cc[c]([Sn]([CH3])([CH3])[CH3])s1. The van der Waals surface area contributed by atoms with E-state index >= 15 is 0 Å². The predicted molar refractivity (Wildman–Crippen MR) is 208 cm³/mol. The second-order valence-corrected chi connectivity index (χ2v) is 48.0. The maximum atomic E-state index is 6.90. The van der Waals surface area contributed by atoms with Crippen LogP contribution in [0, 0.1) is 0 Å². The fourth-order valence-corrected chi connectivity index (χ4v) is 18.8. The third-order valence-electron chi connectivity index (χ3n) is 8.29. The number of unbranched alkanes of at least 4 members (excludes halogenated alkanes) is 10. The Morgan fingerprint density at radius 3 is 1.27 bits per heavy atom. The number of aromatic nitrogens is 2. The zero-order chi connectivity index (χ0) is 32.5. The molecule has 0 unspecified atom stereocenters. The molecule has 0 fully saturated rings. The molecule has 0 aliphatic rings. The number of ether oxygens (including phenoxy) is 2. The summed E-state index contributed by atoms with van der Waals surface area (Å²) in [5.41, 5.74) is 4.10. The van der Waals surface area contributed by atoms with Gasteiger partial charge in [0.1, 0.15) is 0 Å². The molecule has 0 aliphatic carbocycles. The first-order chi connectivity index (χ1) is 21.6. The first-order valence-corrected chi connectivity index (χ1v) is 39.7. The van der Waals surface area contributed by atoms with Crippen molar-refractivity contribution in [3.63, 3.8) is 0 Å². The van der Waals surface area contributed by atoms with E-state index in [2.05, 4.69) is 67.8 Å². The average Bonchev–Trinajstić information content (AvgIpc) is 3.77. The van der Waals surface area contributed by atoms with Crippen LogP contribution in [0.25, 0.3) is 31.9 Å². The number of hydrogen-bond acceptors (Lipinski definition) is 7. The van der Waals surface area contributed by atoms with E-state index in [0.29, 0.717) is 13.2 Å².